The van der Waals surface area contributed by atoms with Gasteiger partial charge >= 0.3 is 5.97 Å². The molecule has 3 heterocycles. The first-order valence-corrected chi connectivity index (χ1v) is 11.1. The van der Waals surface area contributed by atoms with Crippen LogP contribution in [0.1, 0.15) is 57.8 Å². The van der Waals surface area contributed by atoms with Gasteiger partial charge in [0.2, 0.25) is 0 Å². The van der Waals surface area contributed by atoms with Crippen LogP contribution >= 0.6 is 11.8 Å². The SMILES string of the molecule is O=C(O)CCCC=CC[C@H]1[C@@H](CCSC2CCCC2)[C@@H]2O[C@H]1[C@@H]1O[C@@H]12. The Balaban J connectivity index is 1.23. The number of aliphatic carboxylic acids is 1. The molecule has 0 unspecified atom stereocenters. The van der Waals surface area contributed by atoms with E-state index in [1.54, 1.807) is 0 Å². The Morgan fingerprint density at radius 3 is 2.52 bits per heavy atom. The molecule has 4 aliphatic rings. The van der Waals surface area contributed by atoms with Gasteiger partial charge < -0.3 is 14.6 Å². The Hall–Kier alpha value is -0.520. The number of carboxylic acids is 1. The Morgan fingerprint density at radius 1 is 1.04 bits per heavy atom. The lowest BCUT2D eigenvalue weighted by atomic mass is 9.76. The molecule has 1 aliphatic carbocycles. The van der Waals surface area contributed by atoms with Crippen molar-refractivity contribution >= 4 is 17.7 Å². The molecule has 1 saturated carbocycles. The Bertz CT molecular complexity index is 502. The van der Waals surface area contributed by atoms with Gasteiger partial charge in [0, 0.05) is 11.7 Å². The third-order valence-corrected chi connectivity index (χ3v) is 7.77. The molecule has 0 spiro atoms. The fraction of sp³-hybridized carbons (Fsp3) is 0.850. The first-order valence-electron chi connectivity index (χ1n) is 10.0. The van der Waals surface area contributed by atoms with E-state index in [1.807, 2.05) is 0 Å². The van der Waals surface area contributed by atoms with Crippen molar-refractivity contribution in [2.24, 2.45) is 11.8 Å². The third-order valence-electron chi connectivity index (χ3n) is 6.36. The molecule has 140 valence electrons. The zero-order valence-electron chi connectivity index (χ0n) is 14.8. The van der Waals surface area contributed by atoms with Gasteiger partial charge in [0.1, 0.15) is 12.2 Å². The molecule has 5 heteroatoms. The molecule has 0 radical (unpaired) electrons. The number of allylic oxidation sites excluding steroid dienone is 2. The number of thioether (sulfide) groups is 1. The standard InChI is InChI=1S/C20H30O4S/c21-16(22)10-4-2-1-3-9-14-15(11-12-25-13-7-5-6-8-13)18-20-19(24-20)17(14)23-18/h1,3,13-15,17-20H,2,4-12H2,(H,21,22)/t14-,15+,17+,18-,19-,20+/m0/s1. The fourth-order valence-corrected chi connectivity index (χ4v) is 6.44. The summed E-state index contributed by atoms with van der Waals surface area (Å²) in [5.41, 5.74) is 0. The van der Waals surface area contributed by atoms with E-state index in [-0.39, 0.29) is 6.42 Å². The zero-order valence-corrected chi connectivity index (χ0v) is 15.7. The van der Waals surface area contributed by atoms with Crippen LogP contribution in [0.15, 0.2) is 12.2 Å². The quantitative estimate of drug-likeness (QED) is 0.359. The van der Waals surface area contributed by atoms with E-state index < -0.39 is 5.97 Å². The van der Waals surface area contributed by atoms with Gasteiger partial charge in [-0.05, 0) is 56.1 Å². The van der Waals surface area contributed by atoms with Crippen molar-refractivity contribution in [3.63, 3.8) is 0 Å². The summed E-state index contributed by atoms with van der Waals surface area (Å²) in [6, 6.07) is 0. The van der Waals surface area contributed by atoms with Crippen LogP contribution < -0.4 is 0 Å². The van der Waals surface area contributed by atoms with E-state index in [2.05, 4.69) is 23.9 Å². The minimum Gasteiger partial charge on any atom is -0.481 e. The highest BCUT2D eigenvalue weighted by molar-refractivity contribution is 7.99. The molecule has 0 aromatic carbocycles. The minimum absolute atomic E-state index is 0.264. The molecular formula is C20H30O4S. The van der Waals surface area contributed by atoms with E-state index in [1.165, 1.54) is 37.9 Å². The number of carbonyl (C=O) groups is 1. The predicted octanol–water partition coefficient (Wildman–Crippen LogP) is 4.03. The number of epoxide rings is 1. The average molecular weight is 367 g/mol. The maximum absolute atomic E-state index is 10.6. The summed E-state index contributed by atoms with van der Waals surface area (Å²) in [5.74, 6) is 1.80. The van der Waals surface area contributed by atoms with Gasteiger partial charge in [-0.15, -0.1) is 0 Å². The summed E-state index contributed by atoms with van der Waals surface area (Å²) >= 11 is 2.18. The van der Waals surface area contributed by atoms with Crippen LogP contribution in [0.2, 0.25) is 0 Å². The lowest BCUT2D eigenvalue weighted by Gasteiger charge is -2.25. The van der Waals surface area contributed by atoms with Gasteiger partial charge in [-0.1, -0.05) is 25.0 Å². The molecule has 3 aliphatic heterocycles. The highest BCUT2D eigenvalue weighted by Gasteiger charge is 2.68. The monoisotopic (exact) mass is 366 g/mol. The zero-order chi connectivity index (χ0) is 17.2. The molecule has 0 aromatic heterocycles. The van der Waals surface area contributed by atoms with Gasteiger partial charge in [0.25, 0.3) is 0 Å². The molecular weight excluding hydrogens is 336 g/mol. The summed E-state index contributed by atoms with van der Waals surface area (Å²) < 4.78 is 12.1. The number of hydrogen-bond donors (Lipinski definition) is 1. The number of hydrogen-bond acceptors (Lipinski definition) is 4. The molecule has 2 bridgehead atoms. The fourth-order valence-electron chi connectivity index (χ4n) is 5.03. The van der Waals surface area contributed by atoms with Crippen molar-refractivity contribution in [3.05, 3.63) is 12.2 Å². The van der Waals surface area contributed by atoms with Crippen LogP contribution in [-0.2, 0) is 14.3 Å². The maximum Gasteiger partial charge on any atom is 0.303 e. The molecule has 1 N–H and O–H groups in total. The van der Waals surface area contributed by atoms with E-state index >= 15 is 0 Å². The molecule has 0 amide bonds. The van der Waals surface area contributed by atoms with Gasteiger partial charge in [-0.3, -0.25) is 4.79 Å². The van der Waals surface area contributed by atoms with Crippen LogP contribution in [0.5, 0.6) is 0 Å². The largest absolute Gasteiger partial charge is 0.481 e. The van der Waals surface area contributed by atoms with E-state index in [0.717, 1.165) is 24.5 Å². The smallest absolute Gasteiger partial charge is 0.303 e. The van der Waals surface area contributed by atoms with Crippen molar-refractivity contribution in [1.29, 1.82) is 0 Å². The van der Waals surface area contributed by atoms with Crippen molar-refractivity contribution in [3.8, 4) is 0 Å². The molecule has 25 heavy (non-hydrogen) atoms. The average Bonchev–Trinajstić information content (AvgIpc) is 2.94. The molecule has 4 nitrogen and oxygen atoms in total. The molecule has 4 rings (SSSR count). The molecule has 3 saturated heterocycles. The van der Waals surface area contributed by atoms with Gasteiger partial charge in [-0.25, -0.2) is 0 Å². The van der Waals surface area contributed by atoms with Gasteiger partial charge in [0.15, 0.2) is 0 Å². The lowest BCUT2D eigenvalue weighted by molar-refractivity contribution is -0.137. The third kappa shape index (κ3) is 4.09. The van der Waals surface area contributed by atoms with Crippen molar-refractivity contribution in [2.45, 2.75) is 87.5 Å². The summed E-state index contributed by atoms with van der Waals surface area (Å²) in [5, 5.41) is 9.59. The van der Waals surface area contributed by atoms with Crippen molar-refractivity contribution in [1.82, 2.24) is 0 Å². The normalized spacial score (nSPS) is 39.4. The summed E-state index contributed by atoms with van der Waals surface area (Å²) in [4.78, 5) is 10.6. The number of unbranched alkanes of at least 4 members (excludes halogenated alkanes) is 1. The number of carboxylic acid groups (broad SMARTS) is 1. The van der Waals surface area contributed by atoms with Crippen LogP contribution in [0.4, 0.5) is 0 Å². The Kier molecular flexibility index (Phi) is 5.73. The van der Waals surface area contributed by atoms with Gasteiger partial charge in [-0.2, -0.15) is 11.8 Å². The summed E-state index contributed by atoms with van der Waals surface area (Å²) in [6.45, 7) is 0. The second-order valence-corrected chi connectivity index (χ2v) is 9.43. The number of rotatable bonds is 10. The second kappa shape index (κ2) is 8.01. The number of ether oxygens (including phenoxy) is 2. The first kappa shape index (κ1) is 17.9. The molecule has 0 aromatic rings. The van der Waals surface area contributed by atoms with Gasteiger partial charge in [0.05, 0.1) is 12.2 Å². The second-order valence-electron chi connectivity index (χ2n) is 8.02. The van der Waals surface area contributed by atoms with Crippen LogP contribution in [0.25, 0.3) is 0 Å². The predicted molar refractivity (Wildman–Crippen MR) is 98.9 cm³/mol. The van der Waals surface area contributed by atoms with Crippen molar-refractivity contribution in [2.75, 3.05) is 5.75 Å². The Morgan fingerprint density at radius 2 is 1.76 bits per heavy atom. The highest BCUT2D eigenvalue weighted by Crippen LogP contribution is 2.56. The maximum atomic E-state index is 10.6. The topological polar surface area (TPSA) is 59.1 Å². The van der Waals surface area contributed by atoms with E-state index in [9.17, 15) is 4.79 Å². The van der Waals surface area contributed by atoms with E-state index in [0.29, 0.717) is 36.3 Å². The molecule has 6 atom stereocenters. The number of fused-ring (bicyclic) bond motifs is 5. The Labute approximate surface area is 154 Å². The lowest BCUT2D eigenvalue weighted by Crippen LogP contribution is -2.33. The summed E-state index contributed by atoms with van der Waals surface area (Å²) in [6.07, 6.45) is 15.6. The van der Waals surface area contributed by atoms with Crippen LogP contribution in [0, 0.1) is 11.8 Å². The van der Waals surface area contributed by atoms with Crippen LogP contribution in [0.3, 0.4) is 0 Å². The minimum atomic E-state index is -0.702. The van der Waals surface area contributed by atoms with Crippen molar-refractivity contribution < 1.29 is 19.4 Å². The highest BCUT2D eigenvalue weighted by atomic mass is 32.2. The molecule has 4 fully saturated rings. The summed E-state index contributed by atoms with van der Waals surface area (Å²) in [7, 11) is 0. The first-order chi connectivity index (χ1) is 12.2. The van der Waals surface area contributed by atoms with E-state index in [4.69, 9.17) is 14.6 Å². The van der Waals surface area contributed by atoms with Crippen LogP contribution in [-0.4, -0.2) is 46.5 Å².